The largest absolute Gasteiger partial charge is 0.488 e. The van der Waals surface area contributed by atoms with Crippen molar-refractivity contribution in [2.24, 2.45) is 0 Å². The van der Waals surface area contributed by atoms with Crippen molar-refractivity contribution in [1.29, 1.82) is 0 Å². The van der Waals surface area contributed by atoms with Gasteiger partial charge in [0.2, 0.25) is 0 Å². The van der Waals surface area contributed by atoms with E-state index in [1.165, 1.54) is 127 Å². The van der Waals surface area contributed by atoms with Gasteiger partial charge in [-0.2, -0.15) is 56.9 Å². The standard InChI is InChI=1S/C17H13ClF4N4O.C9H6FN3O2.C9H8FN3.C7H6ClF3N2O2.C6H6BFO2.C3H3N3O2/c1-10-15(18)16(17(20,21)22)24-25(10)9-14(27)6-11-7-23-26(8-11)13-4-2-12(19)3-5-13;10-7-1-3-8(4-2-7)12-6-9(5-11-12)13(14)15;10-7-1-3-9(4-2-7)13-6-8(11)5-12-13;1-3-5(8)6(7(9,10)11)12-13(3)2-4(14)15;8-6-3-1-5(2-4-6)7(9)10;7-6(8)3-1-4-5-2-3/h2-5,7-8H,6,9H2,1H3;1-6H;1-6H,11H2;2H2,1H3,(H,14,15);1-4,9-10H;1-2H,(H,4,5). The van der Waals surface area contributed by atoms with Crippen LogP contribution in [0.3, 0.4) is 0 Å². The Hall–Kier alpha value is -10.3. The molecule has 37 heteroatoms. The monoisotopic (exact) mass is 1280 g/mol. The fourth-order valence-corrected chi connectivity index (χ4v) is 7.16. The van der Waals surface area contributed by atoms with Gasteiger partial charge in [-0.05, 0) is 110 Å². The van der Waals surface area contributed by atoms with Crippen LogP contribution in [-0.4, -0.2) is 103 Å². The third kappa shape index (κ3) is 20.5. The summed E-state index contributed by atoms with van der Waals surface area (Å²) in [5.41, 5.74) is 6.38. The zero-order chi connectivity index (χ0) is 65.2. The minimum atomic E-state index is -4.69. The minimum absolute atomic E-state index is 0.00926. The number of aliphatic carboxylic acids is 1. The van der Waals surface area contributed by atoms with Crippen molar-refractivity contribution in [3.63, 3.8) is 0 Å². The van der Waals surface area contributed by atoms with Crippen LogP contribution < -0.4 is 11.2 Å². The molecule has 0 bridgehead atoms. The molecule has 0 aliphatic carbocycles. The Morgan fingerprint density at radius 2 is 1.00 bits per heavy atom. The molecule has 6 N–H and O–H groups in total. The summed E-state index contributed by atoms with van der Waals surface area (Å²) in [5, 5.41) is 68.7. The highest BCUT2D eigenvalue weighted by atomic mass is 35.5. The first-order valence-electron chi connectivity index (χ1n) is 24.2. The number of aromatic nitrogens is 12. The third-order valence-electron chi connectivity index (χ3n) is 11.0. The number of rotatable bonds is 12. The molecule has 0 unspecified atom stereocenters. The number of nitrogen functional groups attached to an aromatic ring is 1. The van der Waals surface area contributed by atoms with Crippen LogP contribution in [0.1, 0.15) is 28.3 Å². The van der Waals surface area contributed by atoms with E-state index in [1.54, 1.807) is 35.4 Å². The molecular weight excluding hydrogens is 1240 g/mol. The fraction of sp³-hybridized carbons (Fsp3) is 0.137. The number of carboxylic acids is 1. The Morgan fingerprint density at radius 1 is 0.602 bits per heavy atom. The molecule has 10 rings (SSSR count). The Bertz CT molecular complexity index is 3920. The first-order chi connectivity index (χ1) is 41.3. The van der Waals surface area contributed by atoms with E-state index < -0.39 is 63.3 Å². The van der Waals surface area contributed by atoms with E-state index >= 15 is 0 Å². The molecule has 6 aromatic heterocycles. The number of ketones is 1. The Labute approximate surface area is 497 Å². The molecule has 6 heterocycles. The molecule has 10 aromatic rings. The number of halogens is 12. The first-order valence-corrected chi connectivity index (χ1v) is 25.0. The SMILES string of the molecule is Cc1c(Cl)c(C(F)(F)F)nn1CC(=O)Cc1cnn(-c2ccc(F)cc2)c1.Cc1c(Cl)c(C(F)(F)F)nn1CC(=O)O.Nc1cnn(-c2ccc(F)cc2)c1.O=[N+]([O-])c1cn[nH]c1.O=[N+]([O-])c1cnn(-c2ccc(F)cc2)c1.OB(O)c1ccc(F)cc1. The first kappa shape index (κ1) is 68.5. The van der Waals surface area contributed by atoms with E-state index in [4.69, 9.17) is 44.1 Å². The van der Waals surface area contributed by atoms with Crippen LogP contribution in [0.15, 0.2) is 147 Å². The normalized spacial score (nSPS) is 10.8. The molecule has 24 nitrogen and oxygen atoms in total. The van der Waals surface area contributed by atoms with E-state index in [0.29, 0.717) is 32.8 Å². The molecule has 0 saturated heterocycles. The van der Waals surface area contributed by atoms with Crippen molar-refractivity contribution in [3.8, 4) is 17.1 Å². The van der Waals surface area contributed by atoms with Crippen LogP contribution >= 0.6 is 23.2 Å². The number of H-pyrrole nitrogens is 1. The summed E-state index contributed by atoms with van der Waals surface area (Å²) in [6, 6.07) is 22.2. The number of carbonyl (C=O) groups excluding carboxylic acids is 1. The minimum Gasteiger partial charge on any atom is -0.480 e. The van der Waals surface area contributed by atoms with Gasteiger partial charge < -0.3 is 20.9 Å². The van der Waals surface area contributed by atoms with Gasteiger partial charge in [-0.15, -0.1) is 0 Å². The fourth-order valence-electron chi connectivity index (χ4n) is 6.68. The lowest BCUT2D eigenvalue weighted by molar-refractivity contribution is -0.385. The highest BCUT2D eigenvalue weighted by Crippen LogP contribution is 2.36. The summed E-state index contributed by atoms with van der Waals surface area (Å²) < 4.78 is 132. The van der Waals surface area contributed by atoms with Gasteiger partial charge in [0.05, 0.1) is 78.8 Å². The third-order valence-corrected chi connectivity index (χ3v) is 11.9. The molecule has 0 amide bonds. The van der Waals surface area contributed by atoms with Crippen molar-refractivity contribution in [2.45, 2.75) is 45.7 Å². The Morgan fingerprint density at radius 3 is 1.34 bits per heavy atom. The number of nitrogens with one attached hydrogen (secondary N) is 1. The number of Topliss-reactive ketones (excluding diaryl/α,β-unsaturated/α-hetero) is 1. The van der Waals surface area contributed by atoms with E-state index in [1.807, 2.05) is 0 Å². The zero-order valence-corrected chi connectivity index (χ0v) is 46.3. The number of alkyl halides is 6. The number of nitro groups is 2. The maximum atomic E-state index is 13.0. The molecule has 0 fully saturated rings. The average molecular weight is 1280 g/mol. The molecule has 0 atom stereocenters. The van der Waals surface area contributed by atoms with Crippen LogP contribution in [0.25, 0.3) is 17.1 Å². The van der Waals surface area contributed by atoms with Gasteiger partial charge in [-0.25, -0.2) is 31.6 Å². The van der Waals surface area contributed by atoms with Gasteiger partial charge >= 0.3 is 36.8 Å². The lowest BCUT2D eigenvalue weighted by Crippen LogP contribution is -2.29. The zero-order valence-electron chi connectivity index (χ0n) is 44.8. The summed E-state index contributed by atoms with van der Waals surface area (Å²) in [7, 11) is -1.51. The van der Waals surface area contributed by atoms with Crippen molar-refractivity contribution in [3.05, 3.63) is 229 Å². The molecule has 462 valence electrons. The molecule has 0 aliphatic heterocycles. The predicted octanol–water partition coefficient (Wildman–Crippen LogP) is 9.29. The number of nitrogens with zero attached hydrogens (tertiary/aromatic N) is 13. The van der Waals surface area contributed by atoms with Gasteiger partial charge in [-0.3, -0.25) is 44.3 Å². The topological polar surface area (TPSA) is 325 Å². The molecule has 0 spiro atoms. The lowest BCUT2D eigenvalue weighted by atomic mass is 9.80. The number of benzene rings is 4. The average Bonchev–Trinajstić information content (AvgIpc) is 3.66. The number of aromatic amines is 1. The highest BCUT2D eigenvalue weighted by molar-refractivity contribution is 6.58. The van der Waals surface area contributed by atoms with Crippen LogP contribution in [0.5, 0.6) is 0 Å². The molecular formula is C51H42BCl2F10N15O9. The summed E-state index contributed by atoms with van der Waals surface area (Å²) in [5.74, 6) is -3.03. The Kier molecular flexibility index (Phi) is 23.9. The quantitative estimate of drug-likeness (QED) is 0.0329. The van der Waals surface area contributed by atoms with Crippen molar-refractivity contribution >= 4 is 64.6 Å². The van der Waals surface area contributed by atoms with E-state index in [0.717, 1.165) is 22.8 Å². The highest BCUT2D eigenvalue weighted by Gasteiger charge is 2.39. The second-order valence-corrected chi connectivity index (χ2v) is 18.2. The van der Waals surface area contributed by atoms with Crippen molar-refractivity contribution in [2.75, 3.05) is 5.73 Å². The number of hydrogen-bond donors (Lipinski definition) is 5. The summed E-state index contributed by atoms with van der Waals surface area (Å²) in [4.78, 5) is 41.7. The van der Waals surface area contributed by atoms with Crippen LogP contribution in [0, 0.1) is 57.3 Å². The van der Waals surface area contributed by atoms with Gasteiger partial charge in [-0.1, -0.05) is 35.3 Å². The summed E-state index contributed by atoms with van der Waals surface area (Å²) in [6.07, 6.45) is 1.66. The number of anilines is 1. The molecule has 4 aromatic carbocycles. The van der Waals surface area contributed by atoms with E-state index in [2.05, 4.69) is 35.7 Å². The summed E-state index contributed by atoms with van der Waals surface area (Å²) >= 11 is 11.1. The van der Waals surface area contributed by atoms with E-state index in [-0.39, 0.29) is 64.8 Å². The molecule has 0 aliphatic rings. The smallest absolute Gasteiger partial charge is 0.480 e. The van der Waals surface area contributed by atoms with Crippen LogP contribution in [0.2, 0.25) is 10.0 Å². The summed E-state index contributed by atoms with van der Waals surface area (Å²) in [6.45, 7) is 1.64. The predicted molar refractivity (Wildman–Crippen MR) is 293 cm³/mol. The van der Waals surface area contributed by atoms with Crippen LogP contribution in [-0.2, 0) is 41.5 Å². The van der Waals surface area contributed by atoms with Gasteiger partial charge in [0.25, 0.3) is 0 Å². The maximum Gasteiger partial charge on any atom is 0.488 e. The van der Waals surface area contributed by atoms with Crippen LogP contribution in [0.4, 0.5) is 61.0 Å². The van der Waals surface area contributed by atoms with Gasteiger partial charge in [0.1, 0.15) is 54.9 Å². The lowest BCUT2D eigenvalue weighted by Gasteiger charge is -2.03. The second kappa shape index (κ2) is 30.7. The van der Waals surface area contributed by atoms with Crippen molar-refractivity contribution in [1.82, 2.24) is 59.1 Å². The number of hydrogen-bond acceptors (Lipinski definition) is 15. The number of carbonyl (C=O) groups is 2. The van der Waals surface area contributed by atoms with Crippen molar-refractivity contribution < 1.29 is 78.5 Å². The molecule has 0 radical (unpaired) electrons. The maximum absolute atomic E-state index is 13.0. The van der Waals surface area contributed by atoms with Gasteiger partial charge in [0.15, 0.2) is 17.2 Å². The number of carboxylic acid groups (broad SMARTS) is 1. The number of nitrogens with two attached hydrogens (primary N) is 1. The Balaban J connectivity index is 0.000000202. The second-order valence-electron chi connectivity index (χ2n) is 17.4. The molecule has 0 saturated carbocycles. The van der Waals surface area contributed by atoms with Gasteiger partial charge in [0, 0.05) is 12.6 Å². The van der Waals surface area contributed by atoms with E-state index in [9.17, 15) is 73.7 Å². The molecule has 88 heavy (non-hydrogen) atoms.